The van der Waals surface area contributed by atoms with Crippen molar-refractivity contribution in [1.29, 1.82) is 5.26 Å². The fraction of sp³-hybridized carbons (Fsp3) is 0.417. The summed E-state index contributed by atoms with van der Waals surface area (Å²) in [4.78, 5) is 14.6. The van der Waals surface area contributed by atoms with Crippen molar-refractivity contribution in [1.82, 2.24) is 10.2 Å². The Kier molecular flexibility index (Phi) is 8.42. The van der Waals surface area contributed by atoms with Crippen molar-refractivity contribution in [2.45, 2.75) is 19.4 Å². The van der Waals surface area contributed by atoms with E-state index < -0.39 is 12.0 Å². The van der Waals surface area contributed by atoms with Crippen molar-refractivity contribution in [3.63, 3.8) is 0 Å². The van der Waals surface area contributed by atoms with Crippen LogP contribution in [0.25, 0.3) is 16.8 Å². The van der Waals surface area contributed by atoms with E-state index in [9.17, 15) is 15.2 Å². The maximum absolute atomic E-state index is 12.2. The Balaban J connectivity index is 1.62. The van der Waals surface area contributed by atoms with E-state index in [1.54, 1.807) is 6.08 Å². The summed E-state index contributed by atoms with van der Waals surface area (Å²) in [6.07, 6.45) is 1.50. The molecule has 164 valence electrons. The highest BCUT2D eigenvalue weighted by Gasteiger charge is 2.11. The molecular formula is C24H30N4O3. The molecular weight excluding hydrogens is 392 g/mol. The summed E-state index contributed by atoms with van der Waals surface area (Å²) in [5.74, 6) is -0.477. The van der Waals surface area contributed by atoms with Crippen LogP contribution in [0.4, 0.5) is 5.69 Å². The molecule has 0 bridgehead atoms. The molecule has 0 spiro atoms. The van der Waals surface area contributed by atoms with Gasteiger partial charge in [-0.05, 0) is 47.0 Å². The summed E-state index contributed by atoms with van der Waals surface area (Å²) < 4.78 is 5.38. The van der Waals surface area contributed by atoms with Crippen LogP contribution in [0.15, 0.2) is 42.0 Å². The molecule has 1 heterocycles. The standard InChI is InChI=1S/C24H30N4O3/c1-2-23(29)17-27-24(30)21(16-25)14-18-3-4-20-15-22(6-5-19(20)13-18)26-7-8-28-9-11-31-12-10-28/h3-6,13-15,23,26,29H,2,7-12,17H2,1H3,(H,27,30)/b21-14+. The highest BCUT2D eigenvalue weighted by atomic mass is 16.5. The first-order valence-electron chi connectivity index (χ1n) is 10.7. The van der Waals surface area contributed by atoms with Gasteiger partial charge in [-0.2, -0.15) is 5.26 Å². The quantitative estimate of drug-likeness (QED) is 0.424. The topological polar surface area (TPSA) is 97.6 Å². The third kappa shape index (κ3) is 6.79. The van der Waals surface area contributed by atoms with Crippen molar-refractivity contribution in [3.8, 4) is 6.07 Å². The maximum atomic E-state index is 12.2. The smallest absolute Gasteiger partial charge is 0.262 e. The van der Waals surface area contributed by atoms with Gasteiger partial charge in [-0.1, -0.05) is 25.1 Å². The molecule has 0 saturated carbocycles. The number of rotatable bonds is 9. The van der Waals surface area contributed by atoms with Gasteiger partial charge >= 0.3 is 0 Å². The molecule has 0 radical (unpaired) electrons. The number of nitrogens with zero attached hydrogens (tertiary/aromatic N) is 2. The van der Waals surface area contributed by atoms with E-state index in [1.807, 2.05) is 43.3 Å². The number of carbonyl (C=O) groups excluding carboxylic acids is 1. The van der Waals surface area contributed by atoms with Gasteiger partial charge in [-0.15, -0.1) is 0 Å². The minimum Gasteiger partial charge on any atom is -0.391 e. The number of amides is 1. The molecule has 0 aliphatic carbocycles. The molecule has 1 fully saturated rings. The van der Waals surface area contributed by atoms with E-state index in [0.717, 1.165) is 61.4 Å². The van der Waals surface area contributed by atoms with Gasteiger partial charge in [0.25, 0.3) is 5.91 Å². The first kappa shape index (κ1) is 22.8. The lowest BCUT2D eigenvalue weighted by molar-refractivity contribution is -0.117. The molecule has 0 aromatic heterocycles. The number of fused-ring (bicyclic) bond motifs is 1. The zero-order valence-corrected chi connectivity index (χ0v) is 17.9. The number of carbonyl (C=O) groups is 1. The molecule has 1 saturated heterocycles. The second kappa shape index (κ2) is 11.5. The summed E-state index contributed by atoms with van der Waals surface area (Å²) in [6.45, 7) is 7.41. The monoisotopic (exact) mass is 422 g/mol. The number of aliphatic hydroxyl groups is 1. The molecule has 7 nitrogen and oxygen atoms in total. The van der Waals surface area contributed by atoms with Gasteiger partial charge < -0.3 is 20.5 Å². The van der Waals surface area contributed by atoms with Crippen molar-refractivity contribution in [3.05, 3.63) is 47.5 Å². The summed E-state index contributed by atoms with van der Waals surface area (Å²) >= 11 is 0. The van der Waals surface area contributed by atoms with Crippen LogP contribution in [0.5, 0.6) is 0 Å². The molecule has 1 unspecified atom stereocenters. The number of hydrogen-bond acceptors (Lipinski definition) is 6. The first-order chi connectivity index (χ1) is 15.1. The number of morpholine rings is 1. The van der Waals surface area contributed by atoms with Crippen LogP contribution in [0, 0.1) is 11.3 Å². The second-order valence-corrected chi connectivity index (χ2v) is 7.64. The molecule has 1 aliphatic heterocycles. The average Bonchev–Trinajstić information content (AvgIpc) is 2.81. The van der Waals surface area contributed by atoms with Crippen molar-refractivity contribution >= 4 is 28.4 Å². The van der Waals surface area contributed by atoms with Gasteiger partial charge in [0.2, 0.25) is 0 Å². The van der Waals surface area contributed by atoms with E-state index in [-0.39, 0.29) is 12.1 Å². The molecule has 1 amide bonds. The van der Waals surface area contributed by atoms with Crippen molar-refractivity contribution in [2.24, 2.45) is 0 Å². The van der Waals surface area contributed by atoms with Crippen molar-refractivity contribution in [2.75, 3.05) is 51.3 Å². The Morgan fingerprint density at radius 1 is 1.26 bits per heavy atom. The van der Waals surface area contributed by atoms with Gasteiger partial charge in [-0.3, -0.25) is 9.69 Å². The van der Waals surface area contributed by atoms with E-state index in [0.29, 0.717) is 6.42 Å². The lowest BCUT2D eigenvalue weighted by Crippen LogP contribution is -2.38. The first-order valence-corrected chi connectivity index (χ1v) is 10.7. The van der Waals surface area contributed by atoms with Gasteiger partial charge in [0, 0.05) is 38.4 Å². The number of ether oxygens (including phenoxy) is 1. The predicted octanol–water partition coefficient (Wildman–Crippen LogP) is 2.38. The number of benzene rings is 2. The van der Waals surface area contributed by atoms with E-state index in [1.165, 1.54) is 0 Å². The van der Waals surface area contributed by atoms with Crippen molar-refractivity contribution < 1.29 is 14.6 Å². The normalized spacial score (nSPS) is 16.0. The van der Waals surface area contributed by atoms with Crippen LogP contribution in [0.1, 0.15) is 18.9 Å². The summed E-state index contributed by atoms with van der Waals surface area (Å²) in [5, 5.41) is 27.1. The third-order valence-electron chi connectivity index (χ3n) is 5.37. The minimum atomic E-state index is -0.610. The maximum Gasteiger partial charge on any atom is 0.262 e. The molecule has 3 N–H and O–H groups in total. The summed E-state index contributed by atoms with van der Waals surface area (Å²) in [7, 11) is 0. The van der Waals surface area contributed by atoms with Crippen LogP contribution >= 0.6 is 0 Å². The van der Waals surface area contributed by atoms with Crippen LogP contribution < -0.4 is 10.6 Å². The van der Waals surface area contributed by atoms with E-state index in [4.69, 9.17) is 4.74 Å². The largest absolute Gasteiger partial charge is 0.391 e. The van der Waals surface area contributed by atoms with Gasteiger partial charge in [0.05, 0.1) is 19.3 Å². The Labute approximate surface area is 183 Å². The van der Waals surface area contributed by atoms with Gasteiger partial charge in [-0.25, -0.2) is 0 Å². The minimum absolute atomic E-state index is 0.0176. The number of hydrogen-bond donors (Lipinski definition) is 3. The van der Waals surface area contributed by atoms with Crippen LogP contribution in [0.2, 0.25) is 0 Å². The third-order valence-corrected chi connectivity index (χ3v) is 5.37. The SMILES string of the molecule is CCC(O)CNC(=O)/C(C#N)=C/c1ccc2cc(NCCN3CCOCC3)ccc2c1. The second-order valence-electron chi connectivity index (χ2n) is 7.64. The number of aliphatic hydroxyl groups excluding tert-OH is 1. The van der Waals surface area contributed by atoms with Gasteiger partial charge in [0.1, 0.15) is 11.6 Å². The molecule has 7 heteroatoms. The Hall–Kier alpha value is -2.92. The summed E-state index contributed by atoms with van der Waals surface area (Å²) in [6, 6.07) is 14.0. The highest BCUT2D eigenvalue weighted by molar-refractivity contribution is 6.02. The zero-order chi connectivity index (χ0) is 22.1. The molecule has 31 heavy (non-hydrogen) atoms. The Bertz CT molecular complexity index is 961. The number of nitrogens with one attached hydrogen (secondary N) is 2. The van der Waals surface area contributed by atoms with Gasteiger partial charge in [0.15, 0.2) is 0 Å². The molecule has 1 atom stereocenters. The Morgan fingerprint density at radius 2 is 2.00 bits per heavy atom. The lowest BCUT2D eigenvalue weighted by Gasteiger charge is -2.26. The lowest BCUT2D eigenvalue weighted by atomic mass is 10.0. The Morgan fingerprint density at radius 3 is 2.74 bits per heavy atom. The molecule has 1 aliphatic rings. The van der Waals surface area contributed by atoms with E-state index >= 15 is 0 Å². The fourth-order valence-corrected chi connectivity index (χ4v) is 3.41. The predicted molar refractivity (Wildman–Crippen MR) is 123 cm³/mol. The van der Waals surface area contributed by atoms with Crippen LogP contribution in [-0.4, -0.2) is 68.0 Å². The van der Waals surface area contributed by atoms with E-state index in [2.05, 4.69) is 21.6 Å². The fourth-order valence-electron chi connectivity index (χ4n) is 3.41. The molecule has 2 aromatic carbocycles. The molecule has 3 rings (SSSR count). The highest BCUT2D eigenvalue weighted by Crippen LogP contribution is 2.22. The average molecular weight is 423 g/mol. The zero-order valence-electron chi connectivity index (χ0n) is 17.9. The van der Waals surface area contributed by atoms with Crippen LogP contribution in [0.3, 0.4) is 0 Å². The summed E-state index contributed by atoms with van der Waals surface area (Å²) in [5.41, 5.74) is 1.86. The number of nitriles is 1. The molecule has 2 aromatic rings. The van der Waals surface area contributed by atoms with Crippen LogP contribution in [-0.2, 0) is 9.53 Å². The number of anilines is 1.